The maximum absolute atomic E-state index is 10.3. The van der Waals surface area contributed by atoms with E-state index in [9.17, 15) is 20.4 Å². The van der Waals surface area contributed by atoms with Crippen LogP contribution in [-0.2, 0) is 0 Å². The van der Waals surface area contributed by atoms with Gasteiger partial charge in [0.25, 0.3) is 0 Å². The molecule has 0 bridgehead atoms. The van der Waals surface area contributed by atoms with E-state index in [4.69, 9.17) is 0 Å². The van der Waals surface area contributed by atoms with Gasteiger partial charge in [0.05, 0.1) is 0 Å². The van der Waals surface area contributed by atoms with Gasteiger partial charge in [-0.15, -0.1) is 23.0 Å². The van der Waals surface area contributed by atoms with Crippen LogP contribution in [-0.4, -0.2) is 27.3 Å². The van der Waals surface area contributed by atoms with Crippen LogP contribution in [0.2, 0.25) is 0 Å². The number of hydrogen-bond acceptors (Lipinski definition) is 4. The minimum atomic E-state index is 0. The quantitative estimate of drug-likeness (QED) is 0.300. The van der Waals surface area contributed by atoms with Crippen molar-refractivity contribution in [3.8, 4) is 23.0 Å². The Kier molecular flexibility index (Phi) is 15.4. The summed E-state index contributed by atoms with van der Waals surface area (Å²) in [6.45, 7) is 0. The van der Waals surface area contributed by atoms with E-state index in [2.05, 4.69) is 0 Å². The first-order valence-corrected chi connectivity index (χ1v) is 8.46. The Labute approximate surface area is 191 Å². The maximum Gasteiger partial charge on any atom is 4.00 e. The van der Waals surface area contributed by atoms with Crippen LogP contribution in [0.4, 0.5) is 0 Å². The Bertz CT molecular complexity index is 693. The third-order valence-corrected chi connectivity index (χ3v) is 2.97. The van der Waals surface area contributed by atoms with Crippen molar-refractivity contribution in [2.75, 3.05) is 0 Å². The summed E-state index contributed by atoms with van der Waals surface area (Å²) in [5, 5.41) is 41.1. The number of hydrogen-bond donors (Lipinski definition) is 0. The van der Waals surface area contributed by atoms with Gasteiger partial charge in [-0.3, -0.25) is 0 Å². The third-order valence-electron chi connectivity index (χ3n) is 2.97. The van der Waals surface area contributed by atoms with Crippen LogP contribution in [0.15, 0.2) is 121 Å². The summed E-state index contributed by atoms with van der Waals surface area (Å²) in [6, 6.07) is 33.3. The molecule has 0 aliphatic heterocycles. The van der Waals surface area contributed by atoms with Gasteiger partial charge >= 0.3 is 27.3 Å². The van der Waals surface area contributed by atoms with Gasteiger partial charge in [0.1, 0.15) is 0 Å². The Morgan fingerprint density at radius 2 is 0.414 bits per heavy atom. The third kappa shape index (κ3) is 15.7. The molecule has 0 saturated heterocycles. The monoisotopic (exact) mass is 580 g/mol. The second-order valence-corrected chi connectivity index (χ2v) is 5.25. The standard InChI is InChI=1S/4C6H6O.Pb/c4*7-6-4-2-1-3-5-6;/h4*1-5,7H;/q;;;;+4/p-4. The predicted molar refractivity (Wildman–Crippen MR) is 109 cm³/mol. The number of benzene rings is 4. The van der Waals surface area contributed by atoms with Gasteiger partial charge in [0.2, 0.25) is 0 Å². The molecule has 0 unspecified atom stereocenters. The largest absolute Gasteiger partial charge is 4.00 e. The van der Waals surface area contributed by atoms with Crippen LogP contribution in [0.25, 0.3) is 0 Å². The summed E-state index contributed by atoms with van der Waals surface area (Å²) in [6.07, 6.45) is 0. The van der Waals surface area contributed by atoms with Gasteiger partial charge in [-0.05, 0) is 0 Å². The van der Waals surface area contributed by atoms with E-state index in [1.807, 2.05) is 24.3 Å². The Balaban J connectivity index is 0.000000356. The van der Waals surface area contributed by atoms with E-state index in [1.54, 1.807) is 48.5 Å². The molecular formula is C24H20O4Pb. The molecule has 144 valence electrons. The summed E-state index contributed by atoms with van der Waals surface area (Å²) in [5.74, 6) is 0.287. The van der Waals surface area contributed by atoms with Crippen LogP contribution >= 0.6 is 0 Å². The van der Waals surface area contributed by atoms with Gasteiger partial charge in [-0.25, -0.2) is 0 Å². The molecule has 0 amide bonds. The molecule has 0 N–H and O–H groups in total. The molecule has 4 aromatic rings. The number of rotatable bonds is 0. The zero-order valence-corrected chi connectivity index (χ0v) is 19.6. The molecule has 0 atom stereocenters. The second-order valence-electron chi connectivity index (χ2n) is 5.25. The molecule has 0 aliphatic carbocycles. The van der Waals surface area contributed by atoms with E-state index >= 15 is 0 Å². The van der Waals surface area contributed by atoms with Crippen molar-refractivity contribution >= 4 is 27.3 Å². The summed E-state index contributed by atoms with van der Waals surface area (Å²) in [5.41, 5.74) is 0. The molecule has 0 spiro atoms. The van der Waals surface area contributed by atoms with Crippen molar-refractivity contribution in [3.63, 3.8) is 0 Å². The van der Waals surface area contributed by atoms with Crippen molar-refractivity contribution in [3.05, 3.63) is 121 Å². The molecule has 0 aromatic heterocycles. The zero-order valence-electron chi connectivity index (χ0n) is 15.7. The molecule has 4 rings (SSSR count). The van der Waals surface area contributed by atoms with Crippen LogP contribution in [0.1, 0.15) is 0 Å². The van der Waals surface area contributed by atoms with Crippen molar-refractivity contribution in [1.82, 2.24) is 0 Å². The molecule has 5 heteroatoms. The van der Waals surface area contributed by atoms with E-state index in [0.717, 1.165) is 0 Å². The minimum absolute atomic E-state index is 0. The average molecular weight is 580 g/mol. The molecule has 0 aliphatic rings. The van der Waals surface area contributed by atoms with Crippen LogP contribution in [0, 0.1) is 0 Å². The fourth-order valence-electron chi connectivity index (χ4n) is 1.68. The van der Waals surface area contributed by atoms with Gasteiger partial charge < -0.3 is 20.4 Å². The van der Waals surface area contributed by atoms with Crippen molar-refractivity contribution in [2.45, 2.75) is 0 Å². The molecule has 0 fully saturated rings. The topological polar surface area (TPSA) is 92.2 Å². The van der Waals surface area contributed by atoms with Gasteiger partial charge in [0.15, 0.2) is 0 Å². The number of para-hydroxylation sites is 4. The fourth-order valence-corrected chi connectivity index (χ4v) is 1.68. The van der Waals surface area contributed by atoms with Crippen molar-refractivity contribution in [1.29, 1.82) is 0 Å². The minimum Gasteiger partial charge on any atom is -0.872 e. The molecule has 0 radical (unpaired) electrons. The molecule has 0 heterocycles. The Hall–Kier alpha value is -3.00. The summed E-state index contributed by atoms with van der Waals surface area (Å²) < 4.78 is 0. The van der Waals surface area contributed by atoms with E-state index in [1.165, 1.54) is 48.5 Å². The maximum atomic E-state index is 10.3. The zero-order chi connectivity index (χ0) is 20.5. The second kappa shape index (κ2) is 17.1. The van der Waals surface area contributed by atoms with Crippen LogP contribution < -0.4 is 20.4 Å². The van der Waals surface area contributed by atoms with Crippen molar-refractivity contribution < 1.29 is 20.4 Å². The smallest absolute Gasteiger partial charge is 0.872 e. The Morgan fingerprint density at radius 1 is 0.276 bits per heavy atom. The molecule has 29 heavy (non-hydrogen) atoms. The molecule has 4 aromatic carbocycles. The SMILES string of the molecule is [O-]c1ccccc1.[O-]c1ccccc1.[O-]c1ccccc1.[O-]c1ccccc1.[Pb+4]. The summed E-state index contributed by atoms with van der Waals surface area (Å²) in [7, 11) is 0. The normalized spacial score (nSPS) is 8.28. The van der Waals surface area contributed by atoms with E-state index in [-0.39, 0.29) is 50.3 Å². The first-order valence-electron chi connectivity index (χ1n) is 8.46. The van der Waals surface area contributed by atoms with Crippen molar-refractivity contribution in [2.24, 2.45) is 0 Å². The average Bonchev–Trinajstić information content (AvgIpc) is 2.72. The van der Waals surface area contributed by atoms with Gasteiger partial charge in [-0.2, -0.15) is 0 Å². The van der Waals surface area contributed by atoms with Gasteiger partial charge in [0, 0.05) is 0 Å². The van der Waals surface area contributed by atoms with Crippen LogP contribution in [0.3, 0.4) is 0 Å². The van der Waals surface area contributed by atoms with E-state index in [0.29, 0.717) is 0 Å². The summed E-state index contributed by atoms with van der Waals surface area (Å²) >= 11 is 0. The predicted octanol–water partition coefficient (Wildman–Crippen LogP) is 2.66. The van der Waals surface area contributed by atoms with Gasteiger partial charge in [-0.1, -0.05) is 121 Å². The van der Waals surface area contributed by atoms with E-state index < -0.39 is 0 Å². The fraction of sp³-hybridized carbons (Fsp3) is 0. The first-order chi connectivity index (χ1) is 13.6. The summed E-state index contributed by atoms with van der Waals surface area (Å²) in [4.78, 5) is 0. The Morgan fingerprint density at radius 3 is 0.483 bits per heavy atom. The molecule has 4 nitrogen and oxygen atoms in total. The first kappa shape index (κ1) is 26.0. The molecular weight excluding hydrogens is 559 g/mol. The molecule has 0 saturated carbocycles. The van der Waals surface area contributed by atoms with Crippen LogP contribution in [0.5, 0.6) is 23.0 Å².